The summed E-state index contributed by atoms with van der Waals surface area (Å²) in [5.41, 5.74) is 0. The highest BCUT2D eigenvalue weighted by atomic mass is 15.4. The third-order valence-electron chi connectivity index (χ3n) is 7.77. The average Bonchev–Trinajstić information content (AvgIpc) is 3.24. The molecule has 1 heterocycles. The summed E-state index contributed by atoms with van der Waals surface area (Å²) in [5.74, 6) is 0.691. The predicted molar refractivity (Wildman–Crippen MR) is 154 cm³/mol. The molecule has 0 N–H and O–H groups in total. The van der Waals surface area contributed by atoms with Crippen LogP contribution >= 0.6 is 0 Å². The van der Waals surface area contributed by atoms with Crippen molar-refractivity contribution in [3.63, 3.8) is 0 Å². The number of unbranched alkanes of at least 4 members (excludes halogenated alkanes) is 20. The Morgan fingerprint density at radius 3 is 0.971 bits per heavy atom. The molecule has 1 aliphatic heterocycles. The first kappa shape index (κ1) is 31.4. The van der Waals surface area contributed by atoms with Crippen molar-refractivity contribution in [2.75, 3.05) is 13.1 Å². The second-order valence-electron chi connectivity index (χ2n) is 11.5. The Morgan fingerprint density at radius 1 is 0.441 bits per heavy atom. The molecule has 0 radical (unpaired) electrons. The van der Waals surface area contributed by atoms with Gasteiger partial charge in [-0.15, -0.1) is 0 Å². The zero-order valence-corrected chi connectivity index (χ0v) is 24.2. The second-order valence-corrected chi connectivity index (χ2v) is 11.5. The molecule has 34 heavy (non-hydrogen) atoms. The van der Waals surface area contributed by atoms with Gasteiger partial charge >= 0.3 is 0 Å². The fraction of sp³-hybridized carbons (Fsp3) is 0.938. The summed E-state index contributed by atoms with van der Waals surface area (Å²) in [6, 6.07) is 0. The number of hydrogen-bond donors (Lipinski definition) is 0. The van der Waals surface area contributed by atoms with E-state index in [4.69, 9.17) is 0 Å². The summed E-state index contributed by atoms with van der Waals surface area (Å²) < 4.78 is 0. The van der Waals surface area contributed by atoms with Gasteiger partial charge in [0.25, 0.3) is 0 Å². The van der Waals surface area contributed by atoms with Gasteiger partial charge in [0.1, 0.15) is 6.17 Å². The standard InChI is InChI=1S/C32H64N2/c1-5-7-9-11-13-14-15-16-17-18-19-20-22-24-26-28-34-30-29-33(32(34)31(3)4)27-25-23-21-12-10-8-6-2/h29-32H,5-28H2,1-4H3. The van der Waals surface area contributed by atoms with Crippen molar-refractivity contribution in [2.24, 2.45) is 5.92 Å². The summed E-state index contributed by atoms with van der Waals surface area (Å²) in [7, 11) is 0. The molecule has 0 bridgehead atoms. The summed E-state index contributed by atoms with van der Waals surface area (Å²) >= 11 is 0. The minimum absolute atomic E-state index is 0.590. The van der Waals surface area contributed by atoms with Gasteiger partial charge in [-0.2, -0.15) is 0 Å². The SMILES string of the molecule is CCCCCCCCCCCCCCCCCN1C=CN(CCCCCCCCC)C1C(C)C. The molecular formula is C32H64N2. The molecule has 0 saturated carbocycles. The van der Waals surface area contributed by atoms with Gasteiger partial charge < -0.3 is 9.80 Å². The molecule has 1 aliphatic rings. The molecule has 1 unspecified atom stereocenters. The van der Waals surface area contributed by atoms with Gasteiger partial charge in [0.05, 0.1) is 0 Å². The van der Waals surface area contributed by atoms with Crippen molar-refractivity contribution in [2.45, 2.75) is 175 Å². The van der Waals surface area contributed by atoms with Gasteiger partial charge in [-0.1, -0.05) is 156 Å². The van der Waals surface area contributed by atoms with Crippen molar-refractivity contribution in [1.29, 1.82) is 0 Å². The van der Waals surface area contributed by atoms with Crippen molar-refractivity contribution in [1.82, 2.24) is 9.80 Å². The topological polar surface area (TPSA) is 6.48 Å². The van der Waals surface area contributed by atoms with E-state index in [1.54, 1.807) is 0 Å². The van der Waals surface area contributed by atoms with E-state index in [0.29, 0.717) is 12.1 Å². The zero-order chi connectivity index (χ0) is 24.7. The molecule has 0 amide bonds. The van der Waals surface area contributed by atoms with Crippen LogP contribution in [-0.2, 0) is 0 Å². The Labute approximate surface area is 216 Å². The quantitative estimate of drug-likeness (QED) is 0.121. The van der Waals surface area contributed by atoms with Gasteiger partial charge in [0.2, 0.25) is 0 Å². The molecule has 0 aromatic carbocycles. The number of rotatable bonds is 25. The average molecular weight is 477 g/mol. The lowest BCUT2D eigenvalue weighted by Crippen LogP contribution is -2.43. The Kier molecular flexibility index (Phi) is 21.0. The van der Waals surface area contributed by atoms with Gasteiger partial charge in [-0.3, -0.25) is 0 Å². The summed E-state index contributed by atoms with van der Waals surface area (Å²) in [4.78, 5) is 5.26. The van der Waals surface area contributed by atoms with Crippen molar-refractivity contribution in [3.8, 4) is 0 Å². The van der Waals surface area contributed by atoms with Crippen LogP contribution in [0.5, 0.6) is 0 Å². The normalized spacial score (nSPS) is 15.9. The van der Waals surface area contributed by atoms with E-state index in [1.165, 1.54) is 154 Å². The van der Waals surface area contributed by atoms with Crippen LogP contribution in [0, 0.1) is 5.92 Å². The number of nitrogens with zero attached hydrogens (tertiary/aromatic N) is 2. The van der Waals surface area contributed by atoms with Gasteiger partial charge in [-0.05, 0) is 18.8 Å². The van der Waals surface area contributed by atoms with E-state index in [-0.39, 0.29) is 0 Å². The molecule has 0 saturated heterocycles. The molecule has 0 fully saturated rings. The van der Waals surface area contributed by atoms with Crippen LogP contribution in [0.15, 0.2) is 12.4 Å². The highest BCUT2D eigenvalue weighted by molar-refractivity contribution is 4.98. The Hall–Kier alpha value is -0.660. The lowest BCUT2D eigenvalue weighted by atomic mass is 10.0. The molecule has 0 aliphatic carbocycles. The highest BCUT2D eigenvalue weighted by Crippen LogP contribution is 2.24. The maximum absolute atomic E-state index is 2.63. The summed E-state index contributed by atoms with van der Waals surface area (Å²) in [6.45, 7) is 11.9. The molecular weight excluding hydrogens is 412 g/mol. The molecule has 0 aromatic rings. The van der Waals surface area contributed by atoms with E-state index in [0.717, 1.165) is 0 Å². The monoisotopic (exact) mass is 477 g/mol. The van der Waals surface area contributed by atoms with Crippen molar-refractivity contribution in [3.05, 3.63) is 12.4 Å². The second kappa shape index (κ2) is 22.8. The molecule has 0 aromatic heterocycles. The Bertz CT molecular complexity index is 444. The smallest absolute Gasteiger partial charge is 0.103 e. The first-order valence-corrected chi connectivity index (χ1v) is 15.9. The van der Waals surface area contributed by atoms with E-state index in [9.17, 15) is 0 Å². The summed E-state index contributed by atoms with van der Waals surface area (Å²) in [6.07, 6.45) is 36.8. The Balaban J connectivity index is 1.98. The first-order valence-electron chi connectivity index (χ1n) is 15.9. The fourth-order valence-electron chi connectivity index (χ4n) is 5.63. The zero-order valence-electron chi connectivity index (χ0n) is 24.2. The summed E-state index contributed by atoms with van der Waals surface area (Å²) in [5, 5.41) is 0. The lowest BCUT2D eigenvalue weighted by molar-refractivity contribution is 0.104. The molecule has 2 heteroatoms. The number of hydrogen-bond acceptors (Lipinski definition) is 2. The van der Waals surface area contributed by atoms with E-state index < -0.39 is 0 Å². The highest BCUT2D eigenvalue weighted by Gasteiger charge is 2.28. The lowest BCUT2D eigenvalue weighted by Gasteiger charge is -2.36. The van der Waals surface area contributed by atoms with Crippen LogP contribution in [0.25, 0.3) is 0 Å². The van der Waals surface area contributed by atoms with Crippen LogP contribution in [0.2, 0.25) is 0 Å². The van der Waals surface area contributed by atoms with Gasteiger partial charge in [-0.25, -0.2) is 0 Å². The van der Waals surface area contributed by atoms with E-state index in [1.807, 2.05) is 0 Å². The third kappa shape index (κ3) is 16.1. The van der Waals surface area contributed by atoms with Crippen LogP contribution in [0.1, 0.15) is 169 Å². The maximum atomic E-state index is 2.63. The molecule has 1 atom stereocenters. The minimum atomic E-state index is 0.590. The largest absolute Gasteiger partial charge is 0.356 e. The molecule has 2 nitrogen and oxygen atoms in total. The van der Waals surface area contributed by atoms with Gasteiger partial charge in [0, 0.05) is 25.5 Å². The van der Waals surface area contributed by atoms with E-state index >= 15 is 0 Å². The minimum Gasteiger partial charge on any atom is -0.356 e. The molecule has 1 rings (SSSR count). The van der Waals surface area contributed by atoms with E-state index in [2.05, 4.69) is 49.9 Å². The van der Waals surface area contributed by atoms with Crippen LogP contribution < -0.4 is 0 Å². The van der Waals surface area contributed by atoms with Crippen molar-refractivity contribution < 1.29 is 0 Å². The third-order valence-corrected chi connectivity index (χ3v) is 7.77. The van der Waals surface area contributed by atoms with Crippen molar-refractivity contribution >= 4 is 0 Å². The Morgan fingerprint density at radius 2 is 0.706 bits per heavy atom. The van der Waals surface area contributed by atoms with Crippen LogP contribution in [0.3, 0.4) is 0 Å². The molecule has 202 valence electrons. The maximum Gasteiger partial charge on any atom is 0.103 e. The van der Waals surface area contributed by atoms with Gasteiger partial charge in [0.15, 0.2) is 0 Å². The first-order chi connectivity index (χ1) is 16.7. The van der Waals surface area contributed by atoms with Crippen LogP contribution in [0.4, 0.5) is 0 Å². The predicted octanol–water partition coefficient (Wildman–Crippen LogP) is 10.7. The fourth-order valence-corrected chi connectivity index (χ4v) is 5.63. The van der Waals surface area contributed by atoms with Crippen LogP contribution in [-0.4, -0.2) is 29.1 Å². The molecule has 0 spiro atoms.